The molecule has 0 N–H and O–H groups in total. The Labute approximate surface area is 138 Å². The summed E-state index contributed by atoms with van der Waals surface area (Å²) in [4.78, 5) is 0. The van der Waals surface area contributed by atoms with Crippen LogP contribution in [0.25, 0.3) is 21.9 Å². The summed E-state index contributed by atoms with van der Waals surface area (Å²) in [6.07, 6.45) is 4.77. The number of rotatable bonds is 4. The molecule has 0 atom stereocenters. The Bertz CT molecular complexity index is 878. The second kappa shape index (κ2) is 6.04. The van der Waals surface area contributed by atoms with Gasteiger partial charge in [-0.3, -0.25) is 0 Å². The van der Waals surface area contributed by atoms with Gasteiger partial charge < -0.3 is 0 Å². The van der Waals surface area contributed by atoms with Gasteiger partial charge in [0.05, 0.1) is 0 Å². The maximum atomic E-state index is 2.30. The van der Waals surface area contributed by atoms with E-state index in [9.17, 15) is 0 Å². The van der Waals surface area contributed by atoms with E-state index in [4.69, 9.17) is 0 Å². The van der Waals surface area contributed by atoms with Crippen LogP contribution in [0, 0.1) is 0 Å². The van der Waals surface area contributed by atoms with E-state index in [1.54, 1.807) is 5.57 Å². The number of unbranched alkanes of at least 4 members (excludes halogenated alkanes) is 1. The molecule has 3 aromatic rings. The molecule has 4 rings (SSSR count). The number of fused-ring (bicyclic) bond motifs is 2. The summed E-state index contributed by atoms with van der Waals surface area (Å²) < 4.78 is 0. The first kappa shape index (κ1) is 14.3. The van der Waals surface area contributed by atoms with Gasteiger partial charge in [-0.25, -0.2) is 0 Å². The lowest BCUT2D eigenvalue weighted by atomic mass is 9.93. The summed E-state index contributed by atoms with van der Waals surface area (Å²) in [7, 11) is 0. The summed E-state index contributed by atoms with van der Waals surface area (Å²) in [6, 6.07) is 24.4. The maximum Gasteiger partial charge on any atom is -0.00106 e. The first-order valence-electron chi connectivity index (χ1n) is 8.67. The smallest absolute Gasteiger partial charge is 0.00106 e. The minimum absolute atomic E-state index is 1.07. The van der Waals surface area contributed by atoms with Crippen molar-refractivity contribution in [1.29, 1.82) is 0 Å². The van der Waals surface area contributed by atoms with E-state index >= 15 is 0 Å². The lowest BCUT2D eigenvalue weighted by Gasteiger charge is -2.11. The van der Waals surface area contributed by atoms with E-state index in [0.717, 1.165) is 6.42 Å². The highest BCUT2D eigenvalue weighted by Crippen LogP contribution is 2.42. The highest BCUT2D eigenvalue weighted by atomic mass is 14.3. The minimum Gasteiger partial charge on any atom is -0.0654 e. The van der Waals surface area contributed by atoms with Crippen LogP contribution in [0.1, 0.15) is 42.9 Å². The van der Waals surface area contributed by atoms with Crippen molar-refractivity contribution >= 4 is 21.9 Å². The van der Waals surface area contributed by atoms with Gasteiger partial charge in [0.2, 0.25) is 0 Å². The topological polar surface area (TPSA) is 0 Å². The molecule has 0 nitrogen and oxygen atoms in total. The Morgan fingerprint density at radius 3 is 2.43 bits per heavy atom. The van der Waals surface area contributed by atoms with E-state index in [1.165, 1.54) is 52.3 Å². The van der Waals surface area contributed by atoms with Crippen LogP contribution in [-0.2, 0) is 6.42 Å². The second-order valence-electron chi connectivity index (χ2n) is 6.42. The molecule has 0 aromatic heterocycles. The third-order valence-electron chi connectivity index (χ3n) is 4.97. The molecule has 23 heavy (non-hydrogen) atoms. The normalized spacial score (nSPS) is 13.6. The summed E-state index contributed by atoms with van der Waals surface area (Å²) in [5, 5.41) is 2.72. The molecule has 0 unspecified atom stereocenters. The Morgan fingerprint density at radius 1 is 0.783 bits per heavy atom. The van der Waals surface area contributed by atoms with Gasteiger partial charge in [-0.05, 0) is 57.9 Å². The Morgan fingerprint density at radius 2 is 1.52 bits per heavy atom. The van der Waals surface area contributed by atoms with Crippen LogP contribution < -0.4 is 0 Å². The van der Waals surface area contributed by atoms with E-state index in [-0.39, 0.29) is 0 Å². The second-order valence-corrected chi connectivity index (χ2v) is 6.42. The van der Waals surface area contributed by atoms with E-state index in [1.807, 2.05) is 0 Å². The molecule has 0 saturated carbocycles. The summed E-state index contributed by atoms with van der Waals surface area (Å²) in [5.74, 6) is 0. The highest BCUT2D eigenvalue weighted by Gasteiger charge is 2.22. The molecule has 0 heteroatoms. The SMILES string of the molecule is CCCCC1=C(c2cccc3ccccc23)Cc2ccccc21. The number of hydrogen-bond acceptors (Lipinski definition) is 0. The summed E-state index contributed by atoms with van der Waals surface area (Å²) in [6.45, 7) is 2.28. The van der Waals surface area contributed by atoms with Crippen LogP contribution in [0.2, 0.25) is 0 Å². The molecule has 0 amide bonds. The predicted molar refractivity (Wildman–Crippen MR) is 100 cm³/mol. The Kier molecular flexibility index (Phi) is 3.75. The van der Waals surface area contributed by atoms with Crippen LogP contribution in [0.5, 0.6) is 0 Å². The molecule has 114 valence electrons. The lowest BCUT2D eigenvalue weighted by Crippen LogP contribution is -1.89. The lowest BCUT2D eigenvalue weighted by molar-refractivity contribution is 0.825. The van der Waals surface area contributed by atoms with Crippen LogP contribution in [0.4, 0.5) is 0 Å². The van der Waals surface area contributed by atoms with Crippen molar-refractivity contribution < 1.29 is 0 Å². The molecule has 0 heterocycles. The molecular weight excluding hydrogens is 276 g/mol. The van der Waals surface area contributed by atoms with Crippen molar-refractivity contribution in [2.45, 2.75) is 32.6 Å². The Balaban J connectivity index is 1.91. The average molecular weight is 298 g/mol. The third kappa shape index (κ3) is 2.49. The fourth-order valence-corrected chi connectivity index (χ4v) is 3.81. The highest BCUT2D eigenvalue weighted by molar-refractivity contribution is 6.04. The minimum atomic E-state index is 1.07. The molecule has 1 aliphatic carbocycles. The predicted octanol–water partition coefficient (Wildman–Crippen LogP) is 6.50. The maximum absolute atomic E-state index is 2.30. The quantitative estimate of drug-likeness (QED) is 0.516. The van der Waals surface area contributed by atoms with Crippen LogP contribution in [0.15, 0.2) is 66.7 Å². The van der Waals surface area contributed by atoms with Crippen LogP contribution in [-0.4, -0.2) is 0 Å². The van der Waals surface area contributed by atoms with Crippen molar-refractivity contribution in [2.24, 2.45) is 0 Å². The molecule has 3 aromatic carbocycles. The Hall–Kier alpha value is -2.34. The van der Waals surface area contributed by atoms with Gasteiger partial charge in [0, 0.05) is 0 Å². The standard InChI is InChI=1S/C23H22/c1-2-3-12-21-20-14-7-5-10-18(20)16-23(21)22-15-8-11-17-9-4-6-13-19(17)22/h4-11,13-15H,2-3,12,16H2,1H3. The van der Waals surface area contributed by atoms with Gasteiger partial charge >= 0.3 is 0 Å². The summed E-state index contributed by atoms with van der Waals surface area (Å²) >= 11 is 0. The molecular formula is C23H22. The number of hydrogen-bond donors (Lipinski definition) is 0. The third-order valence-corrected chi connectivity index (χ3v) is 4.97. The fraction of sp³-hybridized carbons (Fsp3) is 0.217. The molecule has 0 bridgehead atoms. The van der Waals surface area contributed by atoms with Crippen molar-refractivity contribution in [3.05, 3.63) is 83.4 Å². The zero-order chi connectivity index (χ0) is 15.6. The number of benzene rings is 3. The molecule has 0 spiro atoms. The van der Waals surface area contributed by atoms with E-state index < -0.39 is 0 Å². The summed E-state index contributed by atoms with van der Waals surface area (Å²) in [5.41, 5.74) is 7.49. The largest absolute Gasteiger partial charge is 0.0654 e. The first-order valence-corrected chi connectivity index (χ1v) is 8.67. The van der Waals surface area contributed by atoms with Gasteiger partial charge in [0.25, 0.3) is 0 Å². The van der Waals surface area contributed by atoms with Crippen molar-refractivity contribution in [2.75, 3.05) is 0 Å². The van der Waals surface area contributed by atoms with Gasteiger partial charge in [-0.2, -0.15) is 0 Å². The number of allylic oxidation sites excluding steroid dienone is 2. The molecule has 0 aliphatic heterocycles. The van der Waals surface area contributed by atoms with Gasteiger partial charge in [-0.1, -0.05) is 80.1 Å². The monoisotopic (exact) mass is 298 g/mol. The van der Waals surface area contributed by atoms with E-state index in [2.05, 4.69) is 73.7 Å². The zero-order valence-corrected chi connectivity index (χ0v) is 13.7. The van der Waals surface area contributed by atoms with Gasteiger partial charge in [0.1, 0.15) is 0 Å². The molecule has 1 aliphatic rings. The zero-order valence-electron chi connectivity index (χ0n) is 13.7. The van der Waals surface area contributed by atoms with Gasteiger partial charge in [-0.15, -0.1) is 0 Å². The van der Waals surface area contributed by atoms with Crippen molar-refractivity contribution in [1.82, 2.24) is 0 Å². The molecule has 0 fully saturated rings. The van der Waals surface area contributed by atoms with Crippen molar-refractivity contribution in [3.8, 4) is 0 Å². The van der Waals surface area contributed by atoms with Crippen molar-refractivity contribution in [3.63, 3.8) is 0 Å². The first-order chi connectivity index (χ1) is 11.4. The molecule has 0 saturated heterocycles. The average Bonchev–Trinajstić information content (AvgIpc) is 2.98. The fourth-order valence-electron chi connectivity index (χ4n) is 3.81. The van der Waals surface area contributed by atoms with Gasteiger partial charge in [0.15, 0.2) is 0 Å². The van der Waals surface area contributed by atoms with E-state index in [0.29, 0.717) is 0 Å². The van der Waals surface area contributed by atoms with Crippen LogP contribution >= 0.6 is 0 Å². The molecule has 0 radical (unpaired) electrons. The van der Waals surface area contributed by atoms with Crippen LogP contribution in [0.3, 0.4) is 0 Å².